The van der Waals surface area contributed by atoms with Gasteiger partial charge in [-0.3, -0.25) is 9.59 Å². The minimum absolute atomic E-state index is 0.00971. The Morgan fingerprint density at radius 2 is 0.974 bits per heavy atom. The molecule has 1 aromatic rings. The van der Waals surface area contributed by atoms with Gasteiger partial charge in [-0.05, 0) is 92.4 Å². The van der Waals surface area contributed by atoms with E-state index < -0.39 is 152 Å². The lowest BCUT2D eigenvalue weighted by molar-refractivity contribution is -0.361. The number of nitrogens with zero attached hydrogens (tertiary/aromatic N) is 9. The summed E-state index contributed by atoms with van der Waals surface area (Å²) in [7, 11) is 1.47. The normalized spacial score (nSPS) is 40.7. The van der Waals surface area contributed by atoms with Gasteiger partial charge >= 0.3 is 11.9 Å². The predicted octanol–water partition coefficient (Wildman–Crippen LogP) is 9.00. The maximum Gasteiger partial charge on any atom is 0.338 e. The number of benzene rings is 1. The molecular weight excluding hydrogens is 1020 g/mol. The Hall–Kier alpha value is -4.97. The van der Waals surface area contributed by atoms with E-state index in [-0.39, 0.29) is 42.1 Å². The van der Waals surface area contributed by atoms with Crippen molar-refractivity contribution in [2.75, 3.05) is 7.11 Å². The van der Waals surface area contributed by atoms with E-state index in [4.69, 9.17) is 56.8 Å². The van der Waals surface area contributed by atoms with Crippen LogP contribution in [0.3, 0.4) is 0 Å². The molecule has 6 rings (SSSR count). The van der Waals surface area contributed by atoms with Crippen LogP contribution in [-0.2, 0) is 71.2 Å². The smallest absolute Gasteiger partial charge is 0.338 e. The van der Waals surface area contributed by atoms with Gasteiger partial charge in [0.05, 0.1) is 72.8 Å². The molecule has 5 fully saturated rings. The van der Waals surface area contributed by atoms with Crippen LogP contribution in [0.25, 0.3) is 31.3 Å². The predicted molar refractivity (Wildman–Crippen MR) is 276 cm³/mol. The number of ether oxygens (including phenoxy) is 12. The van der Waals surface area contributed by atoms with Gasteiger partial charge in [0.1, 0.15) is 18.0 Å². The van der Waals surface area contributed by atoms with Crippen LogP contribution in [0.15, 0.2) is 45.7 Å². The van der Waals surface area contributed by atoms with E-state index >= 15 is 0 Å². The number of carbonyl (C=O) groups excluding carboxylic acids is 4. The molecule has 5 aliphatic heterocycles. The van der Waals surface area contributed by atoms with E-state index in [1.54, 1.807) is 51.1 Å². The van der Waals surface area contributed by atoms with Crippen molar-refractivity contribution in [2.45, 2.75) is 232 Å². The van der Waals surface area contributed by atoms with E-state index in [0.29, 0.717) is 19.3 Å². The number of azide groups is 3. The molecule has 25 atom stereocenters. The third-order valence-electron chi connectivity index (χ3n) is 16.3. The van der Waals surface area contributed by atoms with E-state index in [1.807, 2.05) is 48.5 Å². The molecule has 0 bridgehead atoms. The summed E-state index contributed by atoms with van der Waals surface area (Å²) < 4.78 is 77.5. The molecule has 5 heterocycles. The average Bonchev–Trinajstić information content (AvgIpc) is 3.48. The van der Waals surface area contributed by atoms with E-state index in [0.717, 1.165) is 0 Å². The number of ketones is 2. The van der Waals surface area contributed by atoms with E-state index in [2.05, 4.69) is 30.1 Å². The number of Topliss-reactive ketones (excluding diaryl/α,β-unsaturated/α-hetero) is 2. The molecule has 0 aliphatic carbocycles. The molecule has 0 N–H and O–H groups in total. The van der Waals surface area contributed by atoms with Crippen LogP contribution in [0.4, 0.5) is 0 Å². The van der Waals surface area contributed by atoms with Gasteiger partial charge in [-0.25, -0.2) is 4.79 Å². The molecule has 5 aliphatic rings. The van der Waals surface area contributed by atoms with Gasteiger partial charge in [0.25, 0.3) is 0 Å². The lowest BCUT2D eigenvalue weighted by Gasteiger charge is -2.51. The van der Waals surface area contributed by atoms with Crippen LogP contribution >= 0.6 is 0 Å². The monoisotopic (exact) mass is 1100 g/mol. The molecule has 25 heteroatoms. The minimum Gasteiger partial charge on any atom is -0.457 e. The van der Waals surface area contributed by atoms with E-state index in [9.17, 15) is 35.8 Å². The summed E-state index contributed by atoms with van der Waals surface area (Å²) in [6, 6.07) is 5.83. The number of esters is 2. The SMILES string of the molecule is CCC1O[C@H](O[C@@H]2C(C)O[C@H](O[C@@H]3C(CC)O[C@H](OC)C(N=[N+]=[N-])[C@H]3C)C(OC(=O)c3ccccc3)[C@H]2C)C(N=[N+]=[N-])[C@@H](C)[C@@H]1O[C@@H]1O[C@@H](C(C)=O)[C@@H](O[C@H]2O[C@@H](CC)[C@@H](C)[C@H](C)C2N=[N+]=[N-])[C@H](C)C1OC(=O)CCC(C)=O. The van der Waals surface area contributed by atoms with Crippen molar-refractivity contribution >= 4 is 23.5 Å². The largest absolute Gasteiger partial charge is 0.457 e. The summed E-state index contributed by atoms with van der Waals surface area (Å²) in [5.41, 5.74) is 29.4. The Labute approximate surface area is 455 Å². The summed E-state index contributed by atoms with van der Waals surface area (Å²) in [5.74, 6) is -4.82. The second-order valence-corrected chi connectivity index (χ2v) is 21.4. The summed E-state index contributed by atoms with van der Waals surface area (Å²) >= 11 is 0. The van der Waals surface area contributed by atoms with Gasteiger partial charge in [0.2, 0.25) is 0 Å². The maximum absolute atomic E-state index is 13.9. The lowest BCUT2D eigenvalue weighted by Crippen LogP contribution is -2.64. The van der Waals surface area contributed by atoms with Gasteiger partial charge in [-0.15, -0.1) is 0 Å². The molecule has 1 aromatic carbocycles. The van der Waals surface area contributed by atoms with E-state index in [1.165, 1.54) is 21.0 Å². The average molecular weight is 1100 g/mol. The molecule has 0 saturated carbocycles. The fraction of sp³-hybridized carbons (Fsp3) is 0.811. The van der Waals surface area contributed by atoms with Gasteiger partial charge < -0.3 is 61.6 Å². The summed E-state index contributed by atoms with van der Waals surface area (Å²) in [6.45, 7) is 21.4. The van der Waals surface area contributed by atoms with Crippen molar-refractivity contribution < 1.29 is 76.0 Å². The number of hydrogen-bond acceptors (Lipinski definition) is 19. The molecule has 8 unspecified atom stereocenters. The third kappa shape index (κ3) is 14.1. The fourth-order valence-electron chi connectivity index (χ4n) is 11.5. The second-order valence-electron chi connectivity index (χ2n) is 21.4. The highest BCUT2D eigenvalue weighted by Crippen LogP contribution is 2.43. The summed E-state index contributed by atoms with van der Waals surface area (Å²) in [5, 5.41) is 12.2. The number of rotatable bonds is 22. The Morgan fingerprint density at radius 1 is 0.513 bits per heavy atom. The fourth-order valence-corrected chi connectivity index (χ4v) is 11.5. The van der Waals surface area contributed by atoms with Crippen molar-refractivity contribution in [1.82, 2.24) is 0 Å². The van der Waals surface area contributed by atoms with Crippen LogP contribution < -0.4 is 0 Å². The number of hydrogen-bond donors (Lipinski definition) is 0. The highest BCUT2D eigenvalue weighted by molar-refractivity contribution is 5.89. The van der Waals surface area contributed by atoms with Gasteiger partial charge in [-0.2, -0.15) is 0 Å². The van der Waals surface area contributed by atoms with Gasteiger partial charge in [0, 0.05) is 40.1 Å². The molecule has 0 amide bonds. The first kappa shape index (κ1) is 62.2. The van der Waals surface area contributed by atoms with Gasteiger partial charge in [0.15, 0.2) is 49.4 Å². The first-order chi connectivity index (χ1) is 37.3. The second kappa shape index (κ2) is 28.4. The van der Waals surface area contributed by atoms with Crippen molar-refractivity contribution in [3.8, 4) is 0 Å². The molecular formula is C53H79N9O16. The highest BCUT2D eigenvalue weighted by Gasteiger charge is 2.56. The Kier molecular flexibility index (Phi) is 22.7. The first-order valence-electron chi connectivity index (χ1n) is 27.3. The van der Waals surface area contributed by atoms with Crippen LogP contribution in [0.2, 0.25) is 0 Å². The zero-order valence-corrected chi connectivity index (χ0v) is 46.9. The minimum atomic E-state index is -1.43. The zero-order chi connectivity index (χ0) is 57.1. The number of carbonyl (C=O) groups is 4. The third-order valence-corrected chi connectivity index (χ3v) is 16.3. The molecule has 0 spiro atoms. The molecule has 25 nitrogen and oxygen atoms in total. The Balaban J connectivity index is 1.28. The quantitative estimate of drug-likeness (QED) is 0.0452. The summed E-state index contributed by atoms with van der Waals surface area (Å²) in [6.07, 6.45) is -14.2. The van der Waals surface area contributed by atoms with Crippen LogP contribution in [0.5, 0.6) is 0 Å². The van der Waals surface area contributed by atoms with Gasteiger partial charge in [-0.1, -0.05) is 95.9 Å². The lowest BCUT2D eigenvalue weighted by atomic mass is 9.81. The van der Waals surface area contributed by atoms with Crippen LogP contribution in [-0.4, -0.2) is 147 Å². The van der Waals surface area contributed by atoms with Crippen molar-refractivity contribution in [3.05, 3.63) is 67.2 Å². The Morgan fingerprint density at radius 3 is 1.49 bits per heavy atom. The zero-order valence-electron chi connectivity index (χ0n) is 46.9. The van der Waals surface area contributed by atoms with Crippen molar-refractivity contribution in [3.63, 3.8) is 0 Å². The molecule has 5 saturated heterocycles. The summed E-state index contributed by atoms with van der Waals surface area (Å²) in [4.78, 5) is 62.4. The Bertz CT molecular complexity index is 2340. The van der Waals surface area contributed by atoms with Crippen molar-refractivity contribution in [2.24, 2.45) is 50.9 Å². The van der Waals surface area contributed by atoms with Crippen LogP contribution in [0.1, 0.15) is 126 Å². The molecule has 432 valence electrons. The van der Waals surface area contributed by atoms with Crippen molar-refractivity contribution in [1.29, 1.82) is 0 Å². The first-order valence-corrected chi connectivity index (χ1v) is 27.3. The van der Waals surface area contributed by atoms with Crippen LogP contribution in [0, 0.1) is 35.5 Å². The standard InChI is InChI=1S/C53H79N9O16/c1-14-34-25(5)26(6)38(57-60-54)50(69-34)77-44-30(10)45(72-37(65)23-22-24(4)63)53(78-47(44)31(11)64)76-43-28(8)40(59-62-56)51(71-36(43)16-3)74-41-29(9)46(73-48(66)33-20-18-17-19-21-33)52(68-32(41)12)75-42-27(7)39(58-61-55)49(67-13)70-35(42)15-2/h17-21,25-30,32,34-36,38-47,49-53H,14-16,22-23H2,1-13H3/t25-,26-,27+,28+,29-,30-,32?,34-,35?,36?,38?,39?,40?,41-,42-,43-,44-,45?,46?,47-,49-,50+,51+,52+,53+/m0/s1. The highest BCUT2D eigenvalue weighted by atomic mass is 16.8. The topological polar surface area (TPSA) is 325 Å². The maximum atomic E-state index is 13.9. The number of methoxy groups -OCH3 is 1. The molecule has 0 aromatic heterocycles. The molecule has 0 radical (unpaired) electrons. The molecule has 78 heavy (non-hydrogen) atoms.